The molecule has 0 unspecified atom stereocenters. The Morgan fingerprint density at radius 1 is 1.03 bits per heavy atom. The lowest BCUT2D eigenvalue weighted by Gasteiger charge is -2.34. The van der Waals surface area contributed by atoms with Crippen molar-refractivity contribution in [2.24, 2.45) is 0 Å². The first-order chi connectivity index (χ1) is 17.6. The Balaban J connectivity index is 1.43. The van der Waals surface area contributed by atoms with E-state index in [2.05, 4.69) is 32.2 Å². The summed E-state index contributed by atoms with van der Waals surface area (Å²) in [6.45, 7) is 6.13. The maximum absolute atomic E-state index is 15.1. The molecule has 2 aliphatic heterocycles. The number of likely N-dealkylation sites (tertiary alicyclic amines) is 1. The number of anilines is 3. The lowest BCUT2D eigenvalue weighted by molar-refractivity contribution is 0.255. The van der Waals surface area contributed by atoms with Gasteiger partial charge in [-0.2, -0.15) is 0 Å². The van der Waals surface area contributed by atoms with Gasteiger partial charge in [0, 0.05) is 24.3 Å². The molecular weight excluding hydrogens is 498 g/mol. The first-order valence-corrected chi connectivity index (χ1v) is 14.0. The van der Waals surface area contributed by atoms with E-state index in [0.29, 0.717) is 11.7 Å². The van der Waals surface area contributed by atoms with Gasteiger partial charge in [0.05, 0.1) is 17.6 Å². The van der Waals surface area contributed by atoms with Crippen molar-refractivity contribution in [3.63, 3.8) is 0 Å². The number of rotatable bonds is 5. The highest BCUT2D eigenvalue weighted by atomic mass is 32.2. The van der Waals surface area contributed by atoms with Crippen molar-refractivity contribution in [1.82, 2.24) is 19.9 Å². The molecule has 0 amide bonds. The third-order valence-corrected chi connectivity index (χ3v) is 8.85. The van der Waals surface area contributed by atoms with Crippen LogP contribution < -0.4 is 10.2 Å². The van der Waals surface area contributed by atoms with E-state index >= 15 is 4.39 Å². The van der Waals surface area contributed by atoms with Crippen LogP contribution in [-0.2, 0) is 9.84 Å². The van der Waals surface area contributed by atoms with Crippen LogP contribution >= 0.6 is 0 Å². The largest absolute Gasteiger partial charge is 0.367 e. The number of hydrogen-bond acceptors (Lipinski definition) is 8. The van der Waals surface area contributed by atoms with Gasteiger partial charge in [-0.3, -0.25) is 0 Å². The lowest BCUT2D eigenvalue weighted by Crippen LogP contribution is -2.40. The molecule has 196 valence electrons. The van der Waals surface area contributed by atoms with Gasteiger partial charge in [0.1, 0.15) is 22.2 Å². The molecule has 0 aliphatic carbocycles. The molecule has 1 fully saturated rings. The van der Waals surface area contributed by atoms with E-state index in [1.165, 1.54) is 11.6 Å². The van der Waals surface area contributed by atoms with Crippen molar-refractivity contribution in [2.45, 2.75) is 43.5 Å². The van der Waals surface area contributed by atoms with Crippen LogP contribution in [0.4, 0.5) is 26.2 Å². The third-order valence-electron chi connectivity index (χ3n) is 7.10. The van der Waals surface area contributed by atoms with Crippen molar-refractivity contribution < 1.29 is 17.2 Å². The van der Waals surface area contributed by atoms with Crippen LogP contribution in [0.15, 0.2) is 41.6 Å². The van der Waals surface area contributed by atoms with Gasteiger partial charge in [0.2, 0.25) is 5.95 Å². The molecule has 4 heterocycles. The molecule has 0 atom stereocenters. The fourth-order valence-corrected chi connectivity index (χ4v) is 6.51. The molecule has 8 nitrogen and oxygen atoms in total. The maximum Gasteiger partial charge on any atom is 0.229 e. The van der Waals surface area contributed by atoms with E-state index < -0.39 is 21.5 Å². The maximum atomic E-state index is 15.1. The Kier molecular flexibility index (Phi) is 6.84. The third kappa shape index (κ3) is 5.15. The first-order valence-electron chi connectivity index (χ1n) is 12.4. The van der Waals surface area contributed by atoms with Crippen LogP contribution in [-0.4, -0.2) is 66.7 Å². The highest BCUT2D eigenvalue weighted by Crippen LogP contribution is 2.38. The van der Waals surface area contributed by atoms with Gasteiger partial charge in [-0.05, 0) is 76.5 Å². The number of fused-ring (bicyclic) bond motifs is 1. The summed E-state index contributed by atoms with van der Waals surface area (Å²) < 4.78 is 55.1. The van der Waals surface area contributed by atoms with Gasteiger partial charge in [-0.25, -0.2) is 32.2 Å². The Labute approximate surface area is 215 Å². The van der Waals surface area contributed by atoms with Crippen molar-refractivity contribution in [3.05, 3.63) is 53.9 Å². The number of hydrogen-bond donors (Lipinski definition) is 1. The summed E-state index contributed by atoms with van der Waals surface area (Å²) in [7, 11) is -1.65. The predicted molar refractivity (Wildman–Crippen MR) is 139 cm³/mol. The Bertz CT molecular complexity index is 1410. The standard InChI is InChI=1S/C26H30F2N6O2S/c1-16(2)34-10-11-37(35,36)25-20(27)12-19(13-22(25)34)24-21(28)15-30-26(32-24)31-23-5-4-18(14-29-23)17-6-8-33(3)9-7-17/h4-5,12-17H,6-11H2,1-3H3,(H,29,30,31,32). The first kappa shape index (κ1) is 25.5. The van der Waals surface area contributed by atoms with Crippen LogP contribution in [0.3, 0.4) is 0 Å². The SMILES string of the molecule is CC(C)N1CCS(=O)(=O)c2c(F)cc(-c3nc(Nc4ccc(C5CCN(C)CC5)cn4)ncc3F)cc21. The number of nitrogens with one attached hydrogen (secondary N) is 1. The van der Waals surface area contributed by atoms with Gasteiger partial charge in [-0.15, -0.1) is 0 Å². The highest BCUT2D eigenvalue weighted by Gasteiger charge is 2.33. The zero-order chi connectivity index (χ0) is 26.3. The molecule has 1 N–H and O–H groups in total. The Hall–Kier alpha value is -3.18. The summed E-state index contributed by atoms with van der Waals surface area (Å²) >= 11 is 0. The predicted octanol–water partition coefficient (Wildman–Crippen LogP) is 4.37. The molecule has 11 heteroatoms. The molecule has 2 aromatic heterocycles. The second-order valence-electron chi connectivity index (χ2n) is 9.98. The molecule has 0 saturated carbocycles. The topological polar surface area (TPSA) is 91.3 Å². The number of halogens is 2. The van der Waals surface area contributed by atoms with Gasteiger partial charge < -0.3 is 15.1 Å². The van der Waals surface area contributed by atoms with Crippen LogP contribution in [0.2, 0.25) is 0 Å². The minimum absolute atomic E-state index is 0.0695. The summed E-state index contributed by atoms with van der Waals surface area (Å²) in [5, 5.41) is 2.99. The zero-order valence-corrected chi connectivity index (χ0v) is 21.9. The quantitative estimate of drug-likeness (QED) is 0.522. The number of pyridine rings is 1. The van der Waals surface area contributed by atoms with Crippen molar-refractivity contribution >= 4 is 27.3 Å². The molecule has 0 spiro atoms. The van der Waals surface area contributed by atoms with E-state index in [4.69, 9.17) is 0 Å². The number of aromatic nitrogens is 3. The monoisotopic (exact) mass is 528 g/mol. The van der Waals surface area contributed by atoms with E-state index in [9.17, 15) is 12.8 Å². The second-order valence-corrected chi connectivity index (χ2v) is 12.0. The molecule has 0 bridgehead atoms. The van der Waals surface area contributed by atoms with E-state index in [-0.39, 0.29) is 46.1 Å². The molecule has 1 aromatic carbocycles. The average molecular weight is 529 g/mol. The molecule has 37 heavy (non-hydrogen) atoms. The summed E-state index contributed by atoms with van der Waals surface area (Å²) in [5.74, 6) is -0.764. The molecule has 0 radical (unpaired) electrons. The van der Waals surface area contributed by atoms with Crippen LogP contribution in [0.5, 0.6) is 0 Å². The fourth-order valence-electron chi connectivity index (χ4n) is 5.02. The minimum atomic E-state index is -3.78. The number of benzene rings is 1. The fraction of sp³-hybridized carbons (Fsp3) is 0.423. The van der Waals surface area contributed by atoms with E-state index in [1.54, 1.807) is 4.90 Å². The average Bonchev–Trinajstić information content (AvgIpc) is 2.85. The smallest absolute Gasteiger partial charge is 0.229 e. The van der Waals surface area contributed by atoms with Crippen LogP contribution in [0, 0.1) is 11.6 Å². The summed E-state index contributed by atoms with van der Waals surface area (Å²) in [4.78, 5) is 16.5. The normalized spacial score (nSPS) is 18.2. The number of piperidine rings is 1. The van der Waals surface area contributed by atoms with Crippen molar-refractivity contribution in [3.8, 4) is 11.3 Å². The van der Waals surface area contributed by atoms with Gasteiger partial charge >= 0.3 is 0 Å². The molecular formula is C26H30F2N6O2S. The van der Waals surface area contributed by atoms with Crippen LogP contribution in [0.1, 0.15) is 38.2 Å². The zero-order valence-electron chi connectivity index (χ0n) is 21.1. The molecule has 5 rings (SSSR count). The summed E-state index contributed by atoms with van der Waals surface area (Å²) in [5.41, 5.74) is 1.39. The number of sulfone groups is 1. The Morgan fingerprint density at radius 3 is 2.46 bits per heavy atom. The second kappa shape index (κ2) is 9.94. The number of nitrogens with zero attached hydrogens (tertiary/aromatic N) is 5. The molecule has 2 aliphatic rings. The van der Waals surface area contributed by atoms with Gasteiger partial charge in [-0.1, -0.05) is 6.07 Å². The highest BCUT2D eigenvalue weighted by molar-refractivity contribution is 7.91. The Morgan fingerprint density at radius 2 is 1.78 bits per heavy atom. The molecule has 1 saturated heterocycles. The van der Waals surface area contributed by atoms with Crippen LogP contribution in [0.25, 0.3) is 11.3 Å². The lowest BCUT2D eigenvalue weighted by atomic mass is 9.91. The van der Waals surface area contributed by atoms with Gasteiger partial charge in [0.15, 0.2) is 15.7 Å². The van der Waals surface area contributed by atoms with E-state index in [0.717, 1.165) is 38.2 Å². The summed E-state index contributed by atoms with van der Waals surface area (Å²) in [6, 6.07) is 6.29. The van der Waals surface area contributed by atoms with Gasteiger partial charge in [0.25, 0.3) is 0 Å². The summed E-state index contributed by atoms with van der Waals surface area (Å²) in [6.07, 6.45) is 5.01. The molecule has 3 aromatic rings. The minimum Gasteiger partial charge on any atom is -0.367 e. The van der Waals surface area contributed by atoms with E-state index in [1.807, 2.05) is 32.2 Å². The van der Waals surface area contributed by atoms with Crippen molar-refractivity contribution in [1.29, 1.82) is 0 Å². The van der Waals surface area contributed by atoms with Crippen molar-refractivity contribution in [2.75, 3.05) is 42.7 Å².